The van der Waals surface area contributed by atoms with Crippen molar-refractivity contribution in [3.8, 4) is 0 Å². The van der Waals surface area contributed by atoms with Crippen LogP contribution >= 0.6 is 11.6 Å². The van der Waals surface area contributed by atoms with Gasteiger partial charge in [0.25, 0.3) is 0 Å². The lowest BCUT2D eigenvalue weighted by Crippen LogP contribution is -2.38. The minimum absolute atomic E-state index is 0.166. The van der Waals surface area contributed by atoms with Crippen LogP contribution in [0.2, 0.25) is 0 Å². The molecule has 0 heterocycles. The Morgan fingerprint density at radius 1 is 1.20 bits per heavy atom. The zero-order valence-electron chi connectivity index (χ0n) is 8.36. The largest absolute Gasteiger partial charge is 0.393 e. The van der Waals surface area contributed by atoms with Gasteiger partial charge in [0.15, 0.2) is 0 Å². The molecule has 0 aromatic carbocycles. The van der Waals surface area contributed by atoms with Crippen molar-refractivity contribution in [1.82, 2.24) is 0 Å². The molecule has 0 aromatic rings. The maximum Gasteiger partial charge on any atom is 0.393 e. The van der Waals surface area contributed by atoms with Gasteiger partial charge in [-0.25, -0.2) is 0 Å². The molecular weight excluding hydrogens is 225 g/mol. The fourth-order valence-corrected chi connectivity index (χ4v) is 2.82. The van der Waals surface area contributed by atoms with Crippen LogP contribution in [0.25, 0.3) is 0 Å². The molecule has 86 valence electrons. The van der Waals surface area contributed by atoms with Gasteiger partial charge in [-0.3, -0.25) is 0 Å². The van der Waals surface area contributed by atoms with E-state index in [4.69, 9.17) is 11.6 Å². The molecule has 3 atom stereocenters. The fourth-order valence-electron chi connectivity index (χ4n) is 2.49. The van der Waals surface area contributed by atoms with Gasteiger partial charge in [-0.15, -0.1) is 11.6 Å². The normalized spacial score (nSPS) is 38.1. The molecule has 0 bridgehead atoms. The Morgan fingerprint density at radius 2 is 1.80 bits per heavy atom. The van der Waals surface area contributed by atoms with Crippen molar-refractivity contribution in [2.45, 2.75) is 37.2 Å². The highest BCUT2D eigenvalue weighted by Gasteiger charge is 2.50. The van der Waals surface area contributed by atoms with Crippen molar-refractivity contribution < 1.29 is 13.2 Å². The second kappa shape index (κ2) is 3.69. The average molecular weight is 239 g/mol. The van der Waals surface area contributed by atoms with E-state index in [2.05, 4.69) is 6.58 Å². The molecular formula is C11H14ClF3. The molecule has 0 nitrogen and oxygen atoms in total. The van der Waals surface area contributed by atoms with Gasteiger partial charge < -0.3 is 0 Å². The zero-order chi connectivity index (χ0) is 11.2. The summed E-state index contributed by atoms with van der Waals surface area (Å²) in [6.07, 6.45) is -1.14. The molecule has 2 fully saturated rings. The Hall–Kier alpha value is -0.180. The molecule has 2 rings (SSSR count). The highest BCUT2D eigenvalue weighted by molar-refractivity contribution is 6.22. The zero-order valence-corrected chi connectivity index (χ0v) is 9.11. The summed E-state index contributed by atoms with van der Waals surface area (Å²) in [6.45, 7) is 3.69. The molecule has 0 amide bonds. The SMILES string of the molecule is C=C1CC(C2CC2)CC(C(F)(F)F)C1Cl. The summed E-state index contributed by atoms with van der Waals surface area (Å²) in [6, 6.07) is 0. The quantitative estimate of drug-likeness (QED) is 0.476. The maximum absolute atomic E-state index is 12.7. The number of hydrogen-bond acceptors (Lipinski definition) is 0. The van der Waals surface area contributed by atoms with Crippen LogP contribution in [0.3, 0.4) is 0 Å². The minimum Gasteiger partial charge on any atom is -0.171 e. The molecule has 4 heteroatoms. The molecule has 3 unspecified atom stereocenters. The smallest absolute Gasteiger partial charge is 0.171 e. The summed E-state index contributed by atoms with van der Waals surface area (Å²) < 4.78 is 38.1. The van der Waals surface area contributed by atoms with Crippen molar-refractivity contribution in [1.29, 1.82) is 0 Å². The molecule has 0 aliphatic heterocycles. The summed E-state index contributed by atoms with van der Waals surface area (Å²) in [7, 11) is 0. The van der Waals surface area contributed by atoms with Crippen LogP contribution in [-0.2, 0) is 0 Å². The molecule has 0 radical (unpaired) electrons. The molecule has 2 aliphatic rings. The van der Waals surface area contributed by atoms with Crippen molar-refractivity contribution >= 4 is 11.6 Å². The highest BCUT2D eigenvalue weighted by atomic mass is 35.5. The van der Waals surface area contributed by atoms with E-state index in [1.807, 2.05) is 0 Å². The lowest BCUT2D eigenvalue weighted by Gasteiger charge is -2.35. The van der Waals surface area contributed by atoms with E-state index in [0.717, 1.165) is 12.8 Å². The van der Waals surface area contributed by atoms with E-state index in [-0.39, 0.29) is 12.3 Å². The number of hydrogen-bond donors (Lipinski definition) is 0. The fraction of sp³-hybridized carbons (Fsp3) is 0.818. The highest BCUT2D eigenvalue weighted by Crippen LogP contribution is 2.51. The van der Waals surface area contributed by atoms with Gasteiger partial charge in [0.05, 0.1) is 11.3 Å². The predicted molar refractivity (Wildman–Crippen MR) is 53.8 cm³/mol. The summed E-state index contributed by atoms with van der Waals surface area (Å²) in [4.78, 5) is 0. The first-order valence-corrected chi connectivity index (χ1v) is 5.71. The van der Waals surface area contributed by atoms with E-state index < -0.39 is 17.5 Å². The number of allylic oxidation sites excluding steroid dienone is 1. The van der Waals surface area contributed by atoms with E-state index in [9.17, 15) is 13.2 Å². The van der Waals surface area contributed by atoms with Crippen LogP contribution in [-0.4, -0.2) is 11.6 Å². The first-order valence-electron chi connectivity index (χ1n) is 5.28. The molecule has 2 aliphatic carbocycles. The summed E-state index contributed by atoms with van der Waals surface area (Å²) in [5.41, 5.74) is 0.571. The van der Waals surface area contributed by atoms with Gasteiger partial charge >= 0.3 is 6.18 Å². The number of alkyl halides is 4. The summed E-state index contributed by atoms with van der Waals surface area (Å²) in [5, 5.41) is -0.917. The van der Waals surface area contributed by atoms with E-state index >= 15 is 0 Å². The molecule has 15 heavy (non-hydrogen) atoms. The van der Waals surface area contributed by atoms with Crippen LogP contribution in [0.4, 0.5) is 13.2 Å². The number of halogens is 4. The third-order valence-electron chi connectivity index (χ3n) is 3.53. The van der Waals surface area contributed by atoms with Gasteiger partial charge in [0.1, 0.15) is 0 Å². The first-order chi connectivity index (χ1) is 6.89. The van der Waals surface area contributed by atoms with Crippen molar-refractivity contribution in [3.63, 3.8) is 0 Å². The van der Waals surface area contributed by atoms with E-state index in [0.29, 0.717) is 17.9 Å². The second-order valence-corrected chi connectivity index (χ2v) is 5.22. The maximum atomic E-state index is 12.7. The van der Waals surface area contributed by atoms with Crippen LogP contribution in [0.15, 0.2) is 12.2 Å². The second-order valence-electron chi connectivity index (χ2n) is 4.75. The van der Waals surface area contributed by atoms with Crippen LogP contribution in [0, 0.1) is 17.8 Å². The molecule has 0 saturated heterocycles. The minimum atomic E-state index is -4.18. The van der Waals surface area contributed by atoms with E-state index in [1.54, 1.807) is 0 Å². The molecule has 0 aromatic heterocycles. The Labute approximate surface area is 92.5 Å². The summed E-state index contributed by atoms with van der Waals surface area (Å²) in [5.74, 6) is -0.721. The molecule has 0 N–H and O–H groups in total. The average Bonchev–Trinajstić information content (AvgIpc) is 2.90. The van der Waals surface area contributed by atoms with Gasteiger partial charge in [0, 0.05) is 0 Å². The van der Waals surface area contributed by atoms with Gasteiger partial charge in [0.2, 0.25) is 0 Å². The Kier molecular flexibility index (Phi) is 2.78. The van der Waals surface area contributed by atoms with Gasteiger partial charge in [-0.1, -0.05) is 12.2 Å². The third-order valence-corrected chi connectivity index (χ3v) is 4.15. The van der Waals surface area contributed by atoms with E-state index in [1.165, 1.54) is 0 Å². The Bertz CT molecular complexity index is 267. The molecule has 2 saturated carbocycles. The first kappa shape index (κ1) is 11.3. The molecule has 0 spiro atoms. The van der Waals surface area contributed by atoms with Gasteiger partial charge in [-0.05, 0) is 37.5 Å². The van der Waals surface area contributed by atoms with Gasteiger partial charge in [-0.2, -0.15) is 13.2 Å². The monoisotopic (exact) mass is 238 g/mol. The lowest BCUT2D eigenvalue weighted by molar-refractivity contribution is -0.181. The summed E-state index contributed by atoms with van der Waals surface area (Å²) >= 11 is 5.79. The Morgan fingerprint density at radius 3 is 2.27 bits per heavy atom. The van der Waals surface area contributed by atoms with Crippen LogP contribution < -0.4 is 0 Å². The number of rotatable bonds is 1. The van der Waals surface area contributed by atoms with Crippen LogP contribution in [0.5, 0.6) is 0 Å². The topological polar surface area (TPSA) is 0 Å². The lowest BCUT2D eigenvalue weighted by atomic mass is 9.76. The third kappa shape index (κ3) is 2.32. The van der Waals surface area contributed by atoms with Crippen molar-refractivity contribution in [2.75, 3.05) is 0 Å². The van der Waals surface area contributed by atoms with Crippen molar-refractivity contribution in [3.05, 3.63) is 12.2 Å². The standard InChI is InChI=1S/C11H14ClF3/c1-6-4-8(7-2-3-7)5-9(10(6)12)11(13,14)15/h7-10H,1-5H2. The van der Waals surface area contributed by atoms with Crippen molar-refractivity contribution in [2.24, 2.45) is 17.8 Å². The van der Waals surface area contributed by atoms with Crippen LogP contribution in [0.1, 0.15) is 25.7 Å². The predicted octanol–water partition coefficient (Wildman–Crippen LogP) is 4.15. The Balaban J connectivity index is 2.10.